The van der Waals surface area contributed by atoms with Crippen LogP contribution in [0.2, 0.25) is 0 Å². The molecule has 0 saturated heterocycles. The Hall–Kier alpha value is -3.76. The summed E-state index contributed by atoms with van der Waals surface area (Å²) in [6.07, 6.45) is 1.69. The molecule has 0 unspecified atom stereocenters. The molecular formula is C24H18BrN5O3S. The van der Waals surface area contributed by atoms with Crippen LogP contribution in [-0.2, 0) is 6.61 Å². The number of rotatable bonds is 8. The number of anilines is 1. The van der Waals surface area contributed by atoms with Gasteiger partial charge in [-0.15, -0.1) is 10.2 Å². The van der Waals surface area contributed by atoms with Gasteiger partial charge in [-0.25, -0.2) is 4.98 Å². The second-order valence-corrected chi connectivity index (χ2v) is 8.92. The molecule has 0 bridgehead atoms. The lowest BCUT2D eigenvalue weighted by Crippen LogP contribution is -1.99. The van der Waals surface area contributed by atoms with E-state index in [9.17, 15) is 0 Å². The van der Waals surface area contributed by atoms with Crippen LogP contribution in [-0.4, -0.2) is 28.5 Å². The maximum Gasteiger partial charge on any atom is 0.254 e. The monoisotopic (exact) mass is 535 g/mol. The van der Waals surface area contributed by atoms with Crippen molar-refractivity contribution in [3.05, 3.63) is 82.7 Å². The van der Waals surface area contributed by atoms with Crippen LogP contribution in [0.4, 0.5) is 5.13 Å². The van der Waals surface area contributed by atoms with Crippen LogP contribution in [0.5, 0.6) is 11.5 Å². The van der Waals surface area contributed by atoms with Gasteiger partial charge in [0.1, 0.15) is 0 Å². The van der Waals surface area contributed by atoms with Gasteiger partial charge in [0.05, 0.1) is 29.1 Å². The number of thiazole rings is 1. The minimum Gasteiger partial charge on any atom is -0.493 e. The van der Waals surface area contributed by atoms with Crippen molar-refractivity contribution < 1.29 is 13.9 Å². The zero-order valence-electron chi connectivity index (χ0n) is 17.9. The predicted molar refractivity (Wildman–Crippen MR) is 136 cm³/mol. The Balaban J connectivity index is 1.23. The van der Waals surface area contributed by atoms with Crippen molar-refractivity contribution in [1.82, 2.24) is 15.2 Å². The second kappa shape index (κ2) is 10.0. The smallest absolute Gasteiger partial charge is 0.254 e. The molecule has 0 aliphatic heterocycles. The van der Waals surface area contributed by atoms with Gasteiger partial charge in [-0.3, -0.25) is 5.43 Å². The van der Waals surface area contributed by atoms with Gasteiger partial charge in [-0.05, 0) is 64.0 Å². The Bertz CT molecular complexity index is 1430. The molecule has 0 aliphatic rings. The quantitative estimate of drug-likeness (QED) is 0.188. The molecule has 0 atom stereocenters. The highest BCUT2D eigenvalue weighted by molar-refractivity contribution is 9.10. The molecule has 0 saturated carbocycles. The van der Waals surface area contributed by atoms with Gasteiger partial charge in [0.15, 0.2) is 18.1 Å². The fourth-order valence-electron chi connectivity index (χ4n) is 3.16. The lowest BCUT2D eigenvalue weighted by molar-refractivity contribution is 0.251. The van der Waals surface area contributed by atoms with E-state index in [0.29, 0.717) is 23.3 Å². The van der Waals surface area contributed by atoms with Gasteiger partial charge in [0, 0.05) is 4.47 Å². The summed E-state index contributed by atoms with van der Waals surface area (Å²) in [5.41, 5.74) is 5.58. The van der Waals surface area contributed by atoms with Crippen molar-refractivity contribution >= 4 is 48.8 Å². The topological polar surface area (TPSA) is 94.7 Å². The lowest BCUT2D eigenvalue weighted by atomic mass is 10.2. The van der Waals surface area contributed by atoms with E-state index in [-0.39, 0.29) is 6.61 Å². The van der Waals surface area contributed by atoms with E-state index in [0.717, 1.165) is 30.9 Å². The number of aromatic nitrogens is 3. The van der Waals surface area contributed by atoms with Gasteiger partial charge in [-0.2, -0.15) is 5.10 Å². The summed E-state index contributed by atoms with van der Waals surface area (Å²) in [6, 6.07) is 21.1. The van der Waals surface area contributed by atoms with E-state index >= 15 is 0 Å². The van der Waals surface area contributed by atoms with E-state index in [4.69, 9.17) is 13.9 Å². The lowest BCUT2D eigenvalue weighted by Gasteiger charge is -2.09. The fourth-order valence-corrected chi connectivity index (χ4v) is 4.43. The Kier molecular flexibility index (Phi) is 6.50. The summed E-state index contributed by atoms with van der Waals surface area (Å²) < 4.78 is 19.0. The molecule has 2 heterocycles. The Morgan fingerprint density at radius 1 is 1.06 bits per heavy atom. The van der Waals surface area contributed by atoms with Crippen LogP contribution in [0, 0.1) is 0 Å². The molecule has 34 heavy (non-hydrogen) atoms. The normalized spacial score (nSPS) is 11.2. The summed E-state index contributed by atoms with van der Waals surface area (Å²) in [5.74, 6) is 1.90. The summed E-state index contributed by atoms with van der Waals surface area (Å²) >= 11 is 5.03. The molecule has 10 heteroatoms. The molecule has 1 N–H and O–H groups in total. The van der Waals surface area contributed by atoms with Crippen LogP contribution in [0.25, 0.3) is 21.7 Å². The van der Waals surface area contributed by atoms with Gasteiger partial charge < -0.3 is 13.9 Å². The minimum atomic E-state index is 0.112. The number of para-hydroxylation sites is 1. The number of benzene rings is 3. The van der Waals surface area contributed by atoms with Gasteiger partial charge in [0.2, 0.25) is 11.0 Å². The number of halogens is 1. The number of hydrogen-bond donors (Lipinski definition) is 1. The minimum absolute atomic E-state index is 0.112. The third-order valence-corrected chi connectivity index (χ3v) is 6.41. The Labute approximate surface area is 207 Å². The van der Waals surface area contributed by atoms with Crippen molar-refractivity contribution in [2.24, 2.45) is 5.10 Å². The highest BCUT2D eigenvalue weighted by Crippen LogP contribution is 2.30. The molecule has 8 nitrogen and oxygen atoms in total. The number of fused-ring (bicyclic) bond motifs is 1. The van der Waals surface area contributed by atoms with Crippen molar-refractivity contribution in [1.29, 1.82) is 0 Å². The molecule has 0 spiro atoms. The molecule has 2 aromatic heterocycles. The zero-order chi connectivity index (χ0) is 23.3. The maximum absolute atomic E-state index is 5.85. The predicted octanol–water partition coefficient (Wildman–Crippen LogP) is 6.14. The fraction of sp³-hybridized carbons (Fsp3) is 0.0833. The molecule has 170 valence electrons. The van der Waals surface area contributed by atoms with E-state index in [2.05, 4.69) is 41.6 Å². The maximum atomic E-state index is 5.85. The Morgan fingerprint density at radius 2 is 1.91 bits per heavy atom. The molecule has 3 aromatic carbocycles. The largest absolute Gasteiger partial charge is 0.493 e. The van der Waals surface area contributed by atoms with Crippen molar-refractivity contribution in [2.45, 2.75) is 6.61 Å². The van der Waals surface area contributed by atoms with Crippen molar-refractivity contribution in [3.63, 3.8) is 0 Å². The first-order chi connectivity index (χ1) is 16.7. The third-order valence-electron chi connectivity index (χ3n) is 4.78. The van der Waals surface area contributed by atoms with E-state index in [1.54, 1.807) is 24.7 Å². The van der Waals surface area contributed by atoms with Crippen LogP contribution in [0.1, 0.15) is 11.5 Å². The first-order valence-corrected chi connectivity index (χ1v) is 11.8. The standard InChI is InChI=1S/C24H18BrN5O3S/c1-31-20-12-15(13-26-30-24-27-18-8-4-5-9-21(18)34-24)10-11-19(20)32-14-22-28-29-23(33-22)16-6-2-3-7-17(16)25/h2-13H,14H2,1H3,(H,27,30)/b26-13+. The average molecular weight is 536 g/mol. The van der Waals surface area contributed by atoms with E-state index in [1.807, 2.05) is 66.7 Å². The molecule has 5 rings (SSSR count). The zero-order valence-corrected chi connectivity index (χ0v) is 20.3. The highest BCUT2D eigenvalue weighted by atomic mass is 79.9. The highest BCUT2D eigenvalue weighted by Gasteiger charge is 2.13. The molecule has 0 aliphatic carbocycles. The number of nitrogens with zero attached hydrogens (tertiary/aromatic N) is 4. The number of hydrogen-bond acceptors (Lipinski definition) is 9. The summed E-state index contributed by atoms with van der Waals surface area (Å²) in [5, 5.41) is 13.2. The third kappa shape index (κ3) is 4.92. The van der Waals surface area contributed by atoms with Gasteiger partial charge in [0.25, 0.3) is 5.89 Å². The number of methoxy groups -OCH3 is 1. The molecule has 0 radical (unpaired) electrons. The first kappa shape index (κ1) is 22.1. The first-order valence-electron chi connectivity index (χ1n) is 10.2. The van der Waals surface area contributed by atoms with Gasteiger partial charge in [-0.1, -0.05) is 35.6 Å². The van der Waals surface area contributed by atoms with Crippen LogP contribution < -0.4 is 14.9 Å². The van der Waals surface area contributed by atoms with Crippen LogP contribution in [0.3, 0.4) is 0 Å². The molecular weight excluding hydrogens is 518 g/mol. The number of hydrazone groups is 1. The SMILES string of the molecule is COc1cc(/C=N/Nc2nc3ccccc3s2)ccc1OCc1nnc(-c2ccccc2Br)o1. The van der Waals surface area contributed by atoms with Crippen molar-refractivity contribution in [3.8, 4) is 23.0 Å². The molecule has 5 aromatic rings. The van der Waals surface area contributed by atoms with Crippen molar-refractivity contribution in [2.75, 3.05) is 12.5 Å². The average Bonchev–Trinajstić information content (AvgIpc) is 3.50. The van der Waals surface area contributed by atoms with E-state index < -0.39 is 0 Å². The summed E-state index contributed by atoms with van der Waals surface area (Å²) in [6.45, 7) is 0.112. The Morgan fingerprint density at radius 3 is 2.76 bits per heavy atom. The number of ether oxygens (including phenoxy) is 2. The molecule has 0 fully saturated rings. The van der Waals surface area contributed by atoms with Gasteiger partial charge >= 0.3 is 0 Å². The van der Waals surface area contributed by atoms with E-state index in [1.165, 1.54) is 0 Å². The van der Waals surface area contributed by atoms with Crippen LogP contribution in [0.15, 0.2) is 80.7 Å². The molecule has 0 amide bonds. The summed E-state index contributed by atoms with van der Waals surface area (Å²) in [7, 11) is 1.58. The number of nitrogens with one attached hydrogen (secondary N) is 1. The second-order valence-electron chi connectivity index (χ2n) is 7.04. The van der Waals surface area contributed by atoms with Crippen LogP contribution >= 0.6 is 27.3 Å². The summed E-state index contributed by atoms with van der Waals surface area (Å²) in [4.78, 5) is 4.50.